The van der Waals surface area contributed by atoms with Gasteiger partial charge in [-0.25, -0.2) is 4.79 Å². The van der Waals surface area contributed by atoms with Crippen LogP contribution in [0.1, 0.15) is 128 Å². The molecular formula is C35H58N2O5. The Bertz CT molecular complexity index is 1070. The SMILES string of the molecule is CC(=O)NCC(=O)NCC(=O)Oc1c(C)c(C)c2c(c1C)CCC(C)(CCCC(C)CCCC(C)CCCC(C)C)O2. The minimum Gasteiger partial charge on any atom is -0.487 e. The van der Waals surface area contributed by atoms with Crippen LogP contribution >= 0.6 is 0 Å². The highest BCUT2D eigenvalue weighted by molar-refractivity contribution is 5.87. The summed E-state index contributed by atoms with van der Waals surface area (Å²) in [7, 11) is 0. The molecule has 3 unspecified atom stereocenters. The summed E-state index contributed by atoms with van der Waals surface area (Å²) in [5.41, 5.74) is 3.69. The molecule has 1 aromatic rings. The number of hydrogen-bond acceptors (Lipinski definition) is 5. The highest BCUT2D eigenvalue weighted by atomic mass is 16.5. The number of rotatable bonds is 17. The zero-order valence-electron chi connectivity index (χ0n) is 28.0. The molecule has 0 spiro atoms. The summed E-state index contributed by atoms with van der Waals surface area (Å²) in [6, 6.07) is 0. The van der Waals surface area contributed by atoms with Crippen LogP contribution in [0.25, 0.3) is 0 Å². The van der Waals surface area contributed by atoms with Gasteiger partial charge in [0.05, 0.1) is 6.54 Å². The first-order valence-electron chi connectivity index (χ1n) is 16.3. The van der Waals surface area contributed by atoms with E-state index < -0.39 is 11.9 Å². The van der Waals surface area contributed by atoms with Crippen LogP contribution in [0.15, 0.2) is 0 Å². The van der Waals surface area contributed by atoms with Crippen molar-refractivity contribution in [3.63, 3.8) is 0 Å². The maximum Gasteiger partial charge on any atom is 0.330 e. The standard InChI is InChI=1S/C35H58N2O5/c1-23(2)13-10-14-24(3)15-11-16-25(4)17-12-19-35(9)20-18-30-28(7)33(26(5)27(6)34(30)42-35)41-32(40)22-37-31(39)21-36-29(8)38/h23-25H,10-22H2,1-9H3,(H,36,38)(H,37,39). The van der Waals surface area contributed by atoms with Crippen LogP contribution < -0.4 is 20.1 Å². The number of carbonyl (C=O) groups excluding carboxylic acids is 3. The molecule has 0 radical (unpaired) electrons. The third kappa shape index (κ3) is 11.6. The Labute approximate surface area is 255 Å². The van der Waals surface area contributed by atoms with Gasteiger partial charge in [0.2, 0.25) is 11.8 Å². The molecule has 2 N–H and O–H groups in total. The molecule has 3 atom stereocenters. The first-order chi connectivity index (χ1) is 19.7. The molecule has 7 nitrogen and oxygen atoms in total. The summed E-state index contributed by atoms with van der Waals surface area (Å²) < 4.78 is 12.4. The van der Waals surface area contributed by atoms with Gasteiger partial charge >= 0.3 is 5.97 Å². The molecule has 1 aliphatic rings. The van der Waals surface area contributed by atoms with Crippen molar-refractivity contribution < 1.29 is 23.9 Å². The molecule has 2 rings (SSSR count). The van der Waals surface area contributed by atoms with E-state index in [2.05, 4.69) is 45.3 Å². The van der Waals surface area contributed by atoms with Crippen molar-refractivity contribution in [3.05, 3.63) is 22.3 Å². The lowest BCUT2D eigenvalue weighted by molar-refractivity contribution is -0.135. The smallest absolute Gasteiger partial charge is 0.330 e. The van der Waals surface area contributed by atoms with Crippen LogP contribution in [0.3, 0.4) is 0 Å². The Hall–Kier alpha value is -2.57. The van der Waals surface area contributed by atoms with Gasteiger partial charge in [0.1, 0.15) is 23.6 Å². The molecule has 1 aliphatic heterocycles. The third-order valence-corrected chi connectivity index (χ3v) is 8.98. The lowest BCUT2D eigenvalue weighted by Gasteiger charge is -2.38. The highest BCUT2D eigenvalue weighted by Crippen LogP contribution is 2.45. The second-order valence-electron chi connectivity index (χ2n) is 13.6. The second-order valence-corrected chi connectivity index (χ2v) is 13.6. The lowest BCUT2D eigenvalue weighted by atomic mass is 9.83. The van der Waals surface area contributed by atoms with Crippen molar-refractivity contribution in [2.45, 2.75) is 139 Å². The molecule has 0 aliphatic carbocycles. The summed E-state index contributed by atoms with van der Waals surface area (Å²) in [5.74, 6) is 2.58. The minimum atomic E-state index is -0.548. The summed E-state index contributed by atoms with van der Waals surface area (Å²) in [6.45, 7) is 18.5. The Balaban J connectivity index is 1.87. The molecule has 2 amide bonds. The molecular weight excluding hydrogens is 528 g/mol. The molecule has 0 bridgehead atoms. The average molecular weight is 587 g/mol. The minimum absolute atomic E-state index is 0.175. The van der Waals surface area contributed by atoms with Crippen LogP contribution in [0, 0.1) is 38.5 Å². The van der Waals surface area contributed by atoms with E-state index in [1.807, 2.05) is 20.8 Å². The van der Waals surface area contributed by atoms with Crippen LogP contribution in [0.2, 0.25) is 0 Å². The number of nitrogens with one attached hydrogen (secondary N) is 2. The van der Waals surface area contributed by atoms with E-state index in [9.17, 15) is 14.4 Å². The van der Waals surface area contributed by atoms with Gasteiger partial charge in [0, 0.05) is 12.5 Å². The van der Waals surface area contributed by atoms with Crippen LogP contribution in [-0.2, 0) is 20.8 Å². The number of hydrogen-bond donors (Lipinski definition) is 2. The third-order valence-electron chi connectivity index (χ3n) is 8.98. The van der Waals surface area contributed by atoms with Crippen molar-refractivity contribution in [3.8, 4) is 11.5 Å². The van der Waals surface area contributed by atoms with E-state index >= 15 is 0 Å². The van der Waals surface area contributed by atoms with Gasteiger partial charge in [-0.05, 0) is 87.8 Å². The molecule has 0 fully saturated rings. The van der Waals surface area contributed by atoms with Gasteiger partial charge in [0.15, 0.2) is 0 Å². The highest BCUT2D eigenvalue weighted by Gasteiger charge is 2.34. The quantitative estimate of drug-likeness (QED) is 0.148. The molecule has 1 aromatic carbocycles. The fraction of sp³-hybridized carbons (Fsp3) is 0.743. The lowest BCUT2D eigenvalue weighted by Crippen LogP contribution is -2.39. The number of ether oxygens (including phenoxy) is 2. The summed E-state index contributed by atoms with van der Waals surface area (Å²) in [6.07, 6.45) is 13.3. The Morgan fingerprint density at radius 2 is 1.43 bits per heavy atom. The van der Waals surface area contributed by atoms with Gasteiger partial charge in [-0.15, -0.1) is 0 Å². The first kappa shape index (κ1) is 35.6. The summed E-state index contributed by atoms with van der Waals surface area (Å²) in [4.78, 5) is 35.3. The topological polar surface area (TPSA) is 93.7 Å². The number of fused-ring (bicyclic) bond motifs is 1. The van der Waals surface area contributed by atoms with Crippen LogP contribution in [0.4, 0.5) is 0 Å². The van der Waals surface area contributed by atoms with E-state index in [0.29, 0.717) is 5.75 Å². The maximum absolute atomic E-state index is 12.5. The van der Waals surface area contributed by atoms with E-state index in [-0.39, 0.29) is 24.6 Å². The summed E-state index contributed by atoms with van der Waals surface area (Å²) >= 11 is 0. The molecule has 7 heteroatoms. The fourth-order valence-electron chi connectivity index (χ4n) is 6.00. The van der Waals surface area contributed by atoms with Crippen LogP contribution in [0.5, 0.6) is 11.5 Å². The van der Waals surface area contributed by atoms with Gasteiger partial charge < -0.3 is 20.1 Å². The number of amides is 2. The molecule has 0 saturated heterocycles. The molecule has 42 heavy (non-hydrogen) atoms. The van der Waals surface area contributed by atoms with E-state index in [1.165, 1.54) is 51.9 Å². The molecule has 0 saturated carbocycles. The van der Waals surface area contributed by atoms with E-state index in [1.54, 1.807) is 0 Å². The van der Waals surface area contributed by atoms with Gasteiger partial charge in [-0.1, -0.05) is 72.6 Å². The Kier molecular flexibility index (Phi) is 14.3. The average Bonchev–Trinajstić information content (AvgIpc) is 2.91. The van der Waals surface area contributed by atoms with Crippen LogP contribution in [-0.4, -0.2) is 36.5 Å². The van der Waals surface area contributed by atoms with Crippen molar-refractivity contribution in [1.29, 1.82) is 0 Å². The van der Waals surface area contributed by atoms with Crippen molar-refractivity contribution >= 4 is 17.8 Å². The number of esters is 1. The monoisotopic (exact) mass is 586 g/mol. The van der Waals surface area contributed by atoms with Gasteiger partial charge in [0.25, 0.3) is 0 Å². The number of benzene rings is 1. The van der Waals surface area contributed by atoms with Crippen molar-refractivity contribution in [2.24, 2.45) is 17.8 Å². The van der Waals surface area contributed by atoms with Gasteiger partial charge in [-0.3, -0.25) is 9.59 Å². The first-order valence-corrected chi connectivity index (χ1v) is 16.3. The zero-order valence-corrected chi connectivity index (χ0v) is 28.0. The maximum atomic E-state index is 12.5. The molecule has 1 heterocycles. The molecule has 238 valence electrons. The molecule has 0 aromatic heterocycles. The number of carbonyl (C=O) groups is 3. The normalized spacial score (nSPS) is 17.7. The zero-order chi connectivity index (χ0) is 31.4. The second kappa shape index (κ2) is 16.9. The van der Waals surface area contributed by atoms with E-state index in [4.69, 9.17) is 9.47 Å². The largest absolute Gasteiger partial charge is 0.487 e. The predicted molar refractivity (Wildman–Crippen MR) is 170 cm³/mol. The predicted octanol–water partition coefficient (Wildman–Crippen LogP) is 7.29. The fourth-order valence-corrected chi connectivity index (χ4v) is 6.00. The van der Waals surface area contributed by atoms with Gasteiger partial charge in [-0.2, -0.15) is 0 Å². The Morgan fingerprint density at radius 1 is 0.833 bits per heavy atom. The Morgan fingerprint density at radius 3 is 2.02 bits per heavy atom. The van der Waals surface area contributed by atoms with E-state index in [0.717, 1.165) is 71.4 Å². The van der Waals surface area contributed by atoms with Crippen molar-refractivity contribution in [1.82, 2.24) is 10.6 Å². The summed E-state index contributed by atoms with van der Waals surface area (Å²) in [5, 5.41) is 4.89. The van der Waals surface area contributed by atoms with Crippen molar-refractivity contribution in [2.75, 3.05) is 13.1 Å².